The summed E-state index contributed by atoms with van der Waals surface area (Å²) >= 11 is 2.41. The van der Waals surface area contributed by atoms with E-state index in [4.69, 9.17) is 0 Å². The number of benzene rings is 1. The van der Waals surface area contributed by atoms with E-state index in [1.165, 1.54) is 41.6 Å². The van der Waals surface area contributed by atoms with E-state index in [2.05, 4.69) is 57.1 Å². The van der Waals surface area contributed by atoms with Gasteiger partial charge in [0.05, 0.1) is 0 Å². The molecule has 0 amide bonds. The number of nitrogens with one attached hydrogen (secondary N) is 1. The summed E-state index contributed by atoms with van der Waals surface area (Å²) in [5.74, 6) is 0. The second kappa shape index (κ2) is 4.53. The molecule has 1 aromatic carbocycles. The van der Waals surface area contributed by atoms with Crippen LogP contribution >= 0.6 is 22.6 Å². The van der Waals surface area contributed by atoms with E-state index in [9.17, 15) is 0 Å². The summed E-state index contributed by atoms with van der Waals surface area (Å²) in [4.78, 5) is 2.65. The molecule has 0 saturated carbocycles. The van der Waals surface area contributed by atoms with Gasteiger partial charge >= 0.3 is 0 Å². The first-order valence-electron chi connectivity index (χ1n) is 6.10. The fraction of sp³-hybridized carbons (Fsp3) is 0.538. The van der Waals surface area contributed by atoms with Crippen LogP contribution in [-0.2, 0) is 0 Å². The SMILES string of the molecule is Ic1ccccc1NC1CCN2CCCC12. The van der Waals surface area contributed by atoms with Crippen molar-refractivity contribution < 1.29 is 0 Å². The maximum absolute atomic E-state index is 3.73. The Kier molecular flexibility index (Phi) is 3.07. The fourth-order valence-corrected chi connectivity index (χ4v) is 3.57. The summed E-state index contributed by atoms with van der Waals surface area (Å²) < 4.78 is 1.33. The predicted octanol–water partition coefficient (Wildman–Crippen LogP) is 2.94. The van der Waals surface area contributed by atoms with Crippen molar-refractivity contribution >= 4 is 28.3 Å². The Morgan fingerprint density at radius 1 is 1.19 bits per heavy atom. The van der Waals surface area contributed by atoms with Gasteiger partial charge in [0.25, 0.3) is 0 Å². The first kappa shape index (κ1) is 10.8. The van der Waals surface area contributed by atoms with Crippen molar-refractivity contribution in [1.82, 2.24) is 4.90 Å². The lowest BCUT2D eigenvalue weighted by Gasteiger charge is -2.22. The van der Waals surface area contributed by atoms with Gasteiger partial charge in [-0.1, -0.05) is 12.1 Å². The number of halogens is 1. The summed E-state index contributed by atoms with van der Waals surface area (Å²) in [6.45, 7) is 2.60. The van der Waals surface area contributed by atoms with Crippen LogP contribution in [0.25, 0.3) is 0 Å². The van der Waals surface area contributed by atoms with Crippen LogP contribution in [0.1, 0.15) is 19.3 Å². The van der Waals surface area contributed by atoms with E-state index in [0.717, 1.165) is 6.04 Å². The van der Waals surface area contributed by atoms with Crippen molar-refractivity contribution in [3.8, 4) is 0 Å². The minimum atomic E-state index is 0.665. The predicted molar refractivity (Wildman–Crippen MR) is 75.8 cm³/mol. The standard InChI is InChI=1S/C13H17IN2/c14-10-4-1-2-5-11(10)15-12-7-9-16-8-3-6-13(12)16/h1-2,4-5,12-13,15H,3,6-9H2. The molecule has 2 saturated heterocycles. The van der Waals surface area contributed by atoms with E-state index >= 15 is 0 Å². The van der Waals surface area contributed by atoms with Gasteiger partial charge in [-0.25, -0.2) is 0 Å². The summed E-state index contributed by atoms with van der Waals surface area (Å²) in [5.41, 5.74) is 1.31. The zero-order valence-electron chi connectivity index (χ0n) is 9.32. The number of nitrogens with zero attached hydrogens (tertiary/aromatic N) is 1. The summed E-state index contributed by atoms with van der Waals surface area (Å²) in [6.07, 6.45) is 4.06. The first-order valence-corrected chi connectivity index (χ1v) is 7.17. The molecule has 0 aliphatic carbocycles. The second-order valence-corrected chi connectivity index (χ2v) is 5.93. The third-order valence-corrected chi connectivity index (χ3v) is 4.76. The van der Waals surface area contributed by atoms with Crippen LogP contribution in [0.5, 0.6) is 0 Å². The molecule has 2 unspecified atom stereocenters. The van der Waals surface area contributed by atoms with Crippen molar-refractivity contribution in [2.45, 2.75) is 31.3 Å². The molecule has 3 heteroatoms. The van der Waals surface area contributed by atoms with E-state index in [1.807, 2.05) is 0 Å². The molecule has 16 heavy (non-hydrogen) atoms. The molecule has 2 nitrogen and oxygen atoms in total. The molecule has 0 spiro atoms. The average Bonchev–Trinajstić information content (AvgIpc) is 2.86. The van der Waals surface area contributed by atoms with Crippen molar-refractivity contribution in [2.24, 2.45) is 0 Å². The number of hydrogen-bond acceptors (Lipinski definition) is 2. The van der Waals surface area contributed by atoms with Crippen LogP contribution in [0.3, 0.4) is 0 Å². The van der Waals surface area contributed by atoms with Gasteiger partial charge in [0.15, 0.2) is 0 Å². The van der Waals surface area contributed by atoms with Gasteiger partial charge in [-0.05, 0) is 60.5 Å². The molecule has 2 fully saturated rings. The molecule has 86 valence electrons. The van der Waals surface area contributed by atoms with Crippen LogP contribution in [0.4, 0.5) is 5.69 Å². The topological polar surface area (TPSA) is 15.3 Å². The largest absolute Gasteiger partial charge is 0.380 e. The van der Waals surface area contributed by atoms with Crippen LogP contribution in [-0.4, -0.2) is 30.1 Å². The first-order chi connectivity index (χ1) is 7.84. The third kappa shape index (κ3) is 1.95. The van der Waals surface area contributed by atoms with Crippen LogP contribution in [0.2, 0.25) is 0 Å². The number of rotatable bonds is 2. The highest BCUT2D eigenvalue weighted by Crippen LogP contribution is 2.31. The maximum Gasteiger partial charge on any atom is 0.0478 e. The zero-order chi connectivity index (χ0) is 11.0. The Bertz CT molecular complexity index is 380. The third-order valence-electron chi connectivity index (χ3n) is 3.82. The minimum absolute atomic E-state index is 0.665. The maximum atomic E-state index is 3.73. The van der Waals surface area contributed by atoms with Crippen molar-refractivity contribution in [3.05, 3.63) is 27.8 Å². The highest BCUT2D eigenvalue weighted by molar-refractivity contribution is 14.1. The Hall–Kier alpha value is -0.290. The molecular weight excluding hydrogens is 311 g/mol. The van der Waals surface area contributed by atoms with Crippen LogP contribution < -0.4 is 5.32 Å². The minimum Gasteiger partial charge on any atom is -0.380 e. The number of hydrogen-bond donors (Lipinski definition) is 1. The molecule has 2 aliphatic heterocycles. The van der Waals surface area contributed by atoms with E-state index in [1.54, 1.807) is 0 Å². The molecule has 0 bridgehead atoms. The van der Waals surface area contributed by atoms with Gasteiger partial charge in [-0.2, -0.15) is 0 Å². The lowest BCUT2D eigenvalue weighted by molar-refractivity contribution is 0.318. The molecule has 0 radical (unpaired) electrons. The van der Waals surface area contributed by atoms with Gasteiger partial charge in [-0.15, -0.1) is 0 Å². The molecule has 2 heterocycles. The lowest BCUT2D eigenvalue weighted by Crippen LogP contribution is -2.33. The van der Waals surface area contributed by atoms with E-state index < -0.39 is 0 Å². The Morgan fingerprint density at radius 2 is 2.06 bits per heavy atom. The smallest absolute Gasteiger partial charge is 0.0478 e. The van der Waals surface area contributed by atoms with Gasteiger partial charge in [0.1, 0.15) is 0 Å². The van der Waals surface area contributed by atoms with Crippen LogP contribution in [0, 0.1) is 3.57 Å². The molecular formula is C13H17IN2. The van der Waals surface area contributed by atoms with Gasteiger partial charge in [0, 0.05) is 27.9 Å². The highest BCUT2D eigenvalue weighted by atomic mass is 127. The molecule has 1 N–H and O–H groups in total. The Morgan fingerprint density at radius 3 is 2.94 bits per heavy atom. The normalized spacial score (nSPS) is 29.3. The molecule has 3 rings (SSSR count). The van der Waals surface area contributed by atoms with Crippen molar-refractivity contribution in [3.63, 3.8) is 0 Å². The molecule has 2 atom stereocenters. The van der Waals surface area contributed by atoms with Gasteiger partial charge < -0.3 is 5.32 Å². The second-order valence-electron chi connectivity index (χ2n) is 4.76. The monoisotopic (exact) mass is 328 g/mol. The van der Waals surface area contributed by atoms with E-state index in [-0.39, 0.29) is 0 Å². The highest BCUT2D eigenvalue weighted by Gasteiger charge is 2.37. The molecule has 1 aromatic rings. The lowest BCUT2D eigenvalue weighted by atomic mass is 10.1. The number of para-hydroxylation sites is 1. The summed E-state index contributed by atoms with van der Waals surface area (Å²) in [7, 11) is 0. The fourth-order valence-electron chi connectivity index (χ4n) is 3.03. The zero-order valence-corrected chi connectivity index (χ0v) is 11.5. The number of anilines is 1. The summed E-state index contributed by atoms with van der Waals surface area (Å²) in [5, 5.41) is 3.73. The van der Waals surface area contributed by atoms with E-state index in [0.29, 0.717) is 6.04 Å². The number of fused-ring (bicyclic) bond motifs is 1. The van der Waals surface area contributed by atoms with Gasteiger partial charge in [-0.3, -0.25) is 4.90 Å². The Balaban J connectivity index is 1.73. The van der Waals surface area contributed by atoms with Crippen molar-refractivity contribution in [2.75, 3.05) is 18.4 Å². The molecule has 0 aromatic heterocycles. The summed E-state index contributed by atoms with van der Waals surface area (Å²) in [6, 6.07) is 10.0. The Labute approximate surface area is 111 Å². The van der Waals surface area contributed by atoms with Gasteiger partial charge in [0.2, 0.25) is 0 Å². The van der Waals surface area contributed by atoms with Crippen molar-refractivity contribution in [1.29, 1.82) is 0 Å². The quantitative estimate of drug-likeness (QED) is 0.840. The average molecular weight is 328 g/mol. The molecule has 2 aliphatic rings. The van der Waals surface area contributed by atoms with Crippen LogP contribution in [0.15, 0.2) is 24.3 Å².